The van der Waals surface area contributed by atoms with Gasteiger partial charge in [-0.25, -0.2) is 0 Å². The summed E-state index contributed by atoms with van der Waals surface area (Å²) in [5.74, 6) is 0.710. The maximum Gasteiger partial charge on any atom is 0.120 e. The molecule has 0 heterocycles. The summed E-state index contributed by atoms with van der Waals surface area (Å²) in [6, 6.07) is 5.18. The van der Waals surface area contributed by atoms with Crippen LogP contribution in [0.5, 0.6) is 5.75 Å². The van der Waals surface area contributed by atoms with Crippen molar-refractivity contribution in [1.82, 2.24) is 0 Å². The molecule has 0 saturated heterocycles. The summed E-state index contributed by atoms with van der Waals surface area (Å²) < 4.78 is 5.39. The van der Waals surface area contributed by atoms with E-state index in [9.17, 15) is 0 Å². The molecule has 0 aromatic heterocycles. The van der Waals surface area contributed by atoms with Gasteiger partial charge in [-0.15, -0.1) is 0 Å². The number of hydrogen-bond donors (Lipinski definition) is 2. The molecule has 1 aromatic rings. The van der Waals surface area contributed by atoms with E-state index in [1.165, 1.54) is 0 Å². The molecule has 0 atom stereocenters. The molecule has 3 N–H and O–H groups in total. The number of aliphatic hydroxyl groups is 1. The smallest absolute Gasteiger partial charge is 0.120 e. The summed E-state index contributed by atoms with van der Waals surface area (Å²) in [6.07, 6.45) is 1.58. The molecule has 3 nitrogen and oxygen atoms in total. The van der Waals surface area contributed by atoms with Gasteiger partial charge >= 0.3 is 0 Å². The molecule has 78 valence electrons. The lowest BCUT2D eigenvalue weighted by Crippen LogP contribution is -1.98. The molecule has 0 unspecified atom stereocenters. The maximum absolute atomic E-state index is 8.55. The van der Waals surface area contributed by atoms with Gasteiger partial charge in [0.1, 0.15) is 5.75 Å². The molecule has 0 spiro atoms. The molecular weight excluding hydrogens is 202 g/mol. The fraction of sp³-hybridized carbons (Fsp3) is 0.400. The monoisotopic (exact) mass is 215 g/mol. The molecular formula is C10H14ClNO2. The highest BCUT2D eigenvalue weighted by Gasteiger charge is 1.98. The van der Waals surface area contributed by atoms with E-state index in [0.29, 0.717) is 23.1 Å². The number of ether oxygens (including phenoxy) is 1. The highest BCUT2D eigenvalue weighted by Crippen LogP contribution is 2.24. The topological polar surface area (TPSA) is 55.5 Å². The van der Waals surface area contributed by atoms with Crippen LogP contribution in [-0.2, 0) is 0 Å². The van der Waals surface area contributed by atoms with Crippen molar-refractivity contribution in [3.8, 4) is 5.75 Å². The van der Waals surface area contributed by atoms with Gasteiger partial charge < -0.3 is 15.6 Å². The molecule has 0 radical (unpaired) electrons. The van der Waals surface area contributed by atoms with Gasteiger partial charge in [0.2, 0.25) is 0 Å². The van der Waals surface area contributed by atoms with Gasteiger partial charge in [-0.05, 0) is 25.0 Å². The summed E-state index contributed by atoms with van der Waals surface area (Å²) in [6.45, 7) is 0.784. The Hall–Kier alpha value is -0.930. The second-order valence-corrected chi connectivity index (χ2v) is 3.37. The van der Waals surface area contributed by atoms with Gasteiger partial charge in [0.05, 0.1) is 17.3 Å². The van der Waals surface area contributed by atoms with Crippen molar-refractivity contribution in [3.05, 3.63) is 23.2 Å². The van der Waals surface area contributed by atoms with E-state index < -0.39 is 0 Å². The second-order valence-electron chi connectivity index (χ2n) is 2.96. The van der Waals surface area contributed by atoms with E-state index in [1.54, 1.807) is 18.2 Å². The predicted molar refractivity (Wildman–Crippen MR) is 57.7 cm³/mol. The third-order valence-corrected chi connectivity index (χ3v) is 2.12. The zero-order valence-corrected chi connectivity index (χ0v) is 8.63. The number of benzene rings is 1. The lowest BCUT2D eigenvalue weighted by Gasteiger charge is -2.06. The Labute approximate surface area is 88.4 Å². The average Bonchev–Trinajstić information content (AvgIpc) is 2.18. The number of nitrogen functional groups attached to an aromatic ring is 1. The van der Waals surface area contributed by atoms with Crippen LogP contribution >= 0.6 is 11.6 Å². The largest absolute Gasteiger partial charge is 0.494 e. The van der Waals surface area contributed by atoms with Crippen molar-refractivity contribution in [2.45, 2.75) is 12.8 Å². The standard InChI is InChI=1S/C10H14ClNO2/c11-9-7-8(3-4-10(9)12)14-6-2-1-5-13/h3-4,7,13H,1-2,5-6,12H2. The van der Waals surface area contributed by atoms with Gasteiger partial charge in [-0.1, -0.05) is 11.6 Å². The van der Waals surface area contributed by atoms with Crippen LogP contribution in [0.3, 0.4) is 0 Å². The Morgan fingerprint density at radius 1 is 1.36 bits per heavy atom. The van der Waals surface area contributed by atoms with Gasteiger partial charge in [0.25, 0.3) is 0 Å². The van der Waals surface area contributed by atoms with Gasteiger partial charge in [0, 0.05) is 12.7 Å². The Morgan fingerprint density at radius 2 is 2.14 bits per heavy atom. The summed E-state index contributed by atoms with van der Waals surface area (Å²) >= 11 is 5.81. The van der Waals surface area contributed by atoms with Crippen LogP contribution in [0.2, 0.25) is 5.02 Å². The quantitative estimate of drug-likeness (QED) is 0.584. The minimum absolute atomic E-state index is 0.200. The van der Waals surface area contributed by atoms with E-state index in [2.05, 4.69) is 0 Å². The number of halogens is 1. The zero-order valence-electron chi connectivity index (χ0n) is 7.87. The van der Waals surface area contributed by atoms with E-state index in [0.717, 1.165) is 12.8 Å². The van der Waals surface area contributed by atoms with Gasteiger partial charge in [-0.3, -0.25) is 0 Å². The highest BCUT2D eigenvalue weighted by atomic mass is 35.5. The van der Waals surface area contributed by atoms with E-state index in [1.807, 2.05) is 0 Å². The van der Waals surface area contributed by atoms with Crippen molar-refractivity contribution in [2.24, 2.45) is 0 Å². The third-order valence-electron chi connectivity index (χ3n) is 1.79. The van der Waals surface area contributed by atoms with Crippen LogP contribution < -0.4 is 10.5 Å². The molecule has 1 rings (SSSR count). The Bertz CT molecular complexity index is 291. The number of rotatable bonds is 5. The van der Waals surface area contributed by atoms with Crippen LogP contribution in [0.15, 0.2) is 18.2 Å². The Morgan fingerprint density at radius 3 is 2.79 bits per heavy atom. The molecule has 14 heavy (non-hydrogen) atoms. The number of anilines is 1. The summed E-state index contributed by atoms with van der Waals surface area (Å²) in [5.41, 5.74) is 6.09. The molecule has 0 aliphatic heterocycles. The van der Waals surface area contributed by atoms with Gasteiger partial charge in [0.15, 0.2) is 0 Å². The van der Waals surface area contributed by atoms with Crippen molar-refractivity contribution >= 4 is 17.3 Å². The maximum atomic E-state index is 8.55. The highest BCUT2D eigenvalue weighted by molar-refractivity contribution is 6.33. The molecule has 0 fully saturated rings. The molecule has 4 heteroatoms. The summed E-state index contributed by atoms with van der Waals surface area (Å²) in [5, 5.41) is 9.06. The first-order valence-electron chi connectivity index (χ1n) is 4.52. The zero-order chi connectivity index (χ0) is 10.4. The number of unbranched alkanes of at least 4 members (excludes halogenated alkanes) is 1. The molecule has 0 saturated carbocycles. The minimum Gasteiger partial charge on any atom is -0.494 e. The normalized spacial score (nSPS) is 10.1. The first kappa shape index (κ1) is 11.1. The van der Waals surface area contributed by atoms with E-state index in [4.69, 9.17) is 27.2 Å². The molecule has 0 bridgehead atoms. The van der Waals surface area contributed by atoms with Crippen molar-refractivity contribution in [2.75, 3.05) is 18.9 Å². The van der Waals surface area contributed by atoms with Gasteiger partial charge in [-0.2, -0.15) is 0 Å². The fourth-order valence-corrected chi connectivity index (χ4v) is 1.17. The minimum atomic E-state index is 0.200. The molecule has 0 aliphatic carbocycles. The Balaban J connectivity index is 2.39. The SMILES string of the molecule is Nc1ccc(OCCCCO)cc1Cl. The number of aliphatic hydroxyl groups excluding tert-OH is 1. The van der Waals surface area contributed by atoms with E-state index in [-0.39, 0.29) is 6.61 Å². The number of nitrogens with two attached hydrogens (primary N) is 1. The predicted octanol–water partition coefficient (Wildman–Crippen LogP) is 2.07. The van der Waals surface area contributed by atoms with Crippen molar-refractivity contribution in [3.63, 3.8) is 0 Å². The van der Waals surface area contributed by atoms with Crippen LogP contribution in [0.25, 0.3) is 0 Å². The van der Waals surface area contributed by atoms with Crippen molar-refractivity contribution in [1.29, 1.82) is 0 Å². The van der Waals surface area contributed by atoms with E-state index >= 15 is 0 Å². The Kier molecular flexibility index (Phi) is 4.56. The molecule has 0 amide bonds. The van der Waals surface area contributed by atoms with Crippen molar-refractivity contribution < 1.29 is 9.84 Å². The van der Waals surface area contributed by atoms with Crippen LogP contribution in [-0.4, -0.2) is 18.3 Å². The number of hydrogen-bond acceptors (Lipinski definition) is 3. The second kappa shape index (κ2) is 5.73. The molecule has 0 aliphatic rings. The average molecular weight is 216 g/mol. The first-order chi connectivity index (χ1) is 6.74. The molecule has 1 aromatic carbocycles. The first-order valence-corrected chi connectivity index (χ1v) is 4.90. The van der Waals surface area contributed by atoms with Crippen LogP contribution in [0.4, 0.5) is 5.69 Å². The van der Waals surface area contributed by atoms with Crippen LogP contribution in [0.1, 0.15) is 12.8 Å². The summed E-state index contributed by atoms with van der Waals surface area (Å²) in [4.78, 5) is 0. The third kappa shape index (κ3) is 3.44. The van der Waals surface area contributed by atoms with Crippen LogP contribution in [0, 0.1) is 0 Å². The summed E-state index contributed by atoms with van der Waals surface area (Å²) in [7, 11) is 0. The lowest BCUT2D eigenvalue weighted by molar-refractivity contribution is 0.253. The fourth-order valence-electron chi connectivity index (χ4n) is 1.00. The lowest BCUT2D eigenvalue weighted by atomic mass is 10.3.